The van der Waals surface area contributed by atoms with Gasteiger partial charge in [0.15, 0.2) is 0 Å². The number of unbranched alkanes of at least 4 members (excludes halogenated alkanes) is 18. The fourth-order valence-corrected chi connectivity index (χ4v) is 9.33. The lowest BCUT2D eigenvalue weighted by Gasteiger charge is -2.30. The third-order valence-electron chi connectivity index (χ3n) is 12.6. The highest BCUT2D eigenvalue weighted by molar-refractivity contribution is 7.48. The molecule has 0 saturated heterocycles. The van der Waals surface area contributed by atoms with Crippen LogP contribution in [-0.4, -0.2) is 126 Å². The van der Waals surface area contributed by atoms with Crippen molar-refractivity contribution < 1.29 is 80.1 Å². The molecule has 0 aliphatic carbocycles. The third-order valence-corrected chi connectivity index (χ3v) is 14.2. The highest BCUT2D eigenvalue weighted by Gasteiger charge is 2.46. The van der Waals surface area contributed by atoms with Crippen LogP contribution in [0.5, 0.6) is 0 Å². The van der Waals surface area contributed by atoms with E-state index in [4.69, 9.17) is 42.0 Å². The van der Waals surface area contributed by atoms with Crippen LogP contribution in [0.3, 0.4) is 0 Å². The Labute approximate surface area is 458 Å². The number of phosphoric ester groups is 1. The van der Waals surface area contributed by atoms with Crippen molar-refractivity contribution in [1.82, 2.24) is 4.90 Å². The maximum atomic E-state index is 14.3. The molecule has 76 heavy (non-hydrogen) atoms. The van der Waals surface area contributed by atoms with Crippen molar-refractivity contribution >= 4 is 49.4 Å². The molecule has 0 spiro atoms. The summed E-state index contributed by atoms with van der Waals surface area (Å²) in [6.45, 7) is 11.6. The number of esters is 6. The van der Waals surface area contributed by atoms with Crippen LogP contribution in [0.4, 0.5) is 0 Å². The number of phosphoric acid groups is 1. The predicted molar refractivity (Wildman–Crippen MR) is 292 cm³/mol. The molecule has 0 aromatic carbocycles. The molecule has 0 aliphatic heterocycles. The summed E-state index contributed by atoms with van der Waals surface area (Å²) in [6, 6.07) is 0. The van der Waals surface area contributed by atoms with Crippen molar-refractivity contribution in [3.8, 4) is 0 Å². The summed E-state index contributed by atoms with van der Waals surface area (Å²) in [5, 5.41) is 0. The first kappa shape index (κ1) is 72.6. The molecule has 0 unspecified atom stereocenters. The Kier molecular flexibility index (Phi) is 47.6. The molecular weight excluding hydrogens is 1000 g/mol. The molecule has 444 valence electrons. The summed E-state index contributed by atoms with van der Waals surface area (Å²) >= 11 is 0. The van der Waals surface area contributed by atoms with Gasteiger partial charge in [-0.15, -0.1) is 0 Å². The van der Waals surface area contributed by atoms with Gasteiger partial charge in [-0.25, -0.2) is 4.57 Å². The van der Waals surface area contributed by atoms with Gasteiger partial charge in [0.05, 0.1) is 77.7 Å². The highest BCUT2D eigenvalue weighted by atomic mass is 31.2. The van der Waals surface area contributed by atoms with Crippen LogP contribution >= 0.6 is 7.82 Å². The second-order valence-corrected chi connectivity index (χ2v) is 21.5. The lowest BCUT2D eigenvalue weighted by atomic mass is 9.76. The van der Waals surface area contributed by atoms with E-state index in [-0.39, 0.29) is 90.3 Å². The molecule has 0 rings (SSSR count). The molecule has 0 saturated carbocycles. The molecule has 0 bridgehead atoms. The van der Waals surface area contributed by atoms with Crippen LogP contribution in [0.2, 0.25) is 0 Å². The standard InChI is InChI=1S/C57H104NO17P/c1-7-12-15-18-24-34-51(60)67-40-27-21-30-43-70-54(63)48-57(56(65)72-45-32-23-29-42-69-53(62)36-26-20-17-14-9-3,47-50(59)37-39-58(6)38-33-46-75-76(66,73-10-4)74-11-5)49-55(64)71-44-31-22-28-41-68-52(61)35-25-19-16-13-8-2/h7-49H2,1-6H3. The Hall–Kier alpha value is -3.44. The van der Waals surface area contributed by atoms with E-state index in [0.717, 1.165) is 96.3 Å². The number of nitrogens with zero attached hydrogens (tertiary/aromatic N) is 1. The Bertz CT molecular complexity index is 1510. The van der Waals surface area contributed by atoms with Crippen molar-refractivity contribution in [2.45, 2.75) is 240 Å². The summed E-state index contributed by atoms with van der Waals surface area (Å²) in [7, 11) is -1.89. The summed E-state index contributed by atoms with van der Waals surface area (Å²) in [4.78, 5) is 93.9. The van der Waals surface area contributed by atoms with Gasteiger partial charge >= 0.3 is 43.6 Å². The molecule has 0 amide bonds. The number of ether oxygens (including phenoxy) is 6. The van der Waals surface area contributed by atoms with Gasteiger partial charge in [-0.2, -0.15) is 0 Å². The third kappa shape index (κ3) is 42.6. The average molecular weight is 1110 g/mol. The van der Waals surface area contributed by atoms with Crippen molar-refractivity contribution in [3.63, 3.8) is 0 Å². The van der Waals surface area contributed by atoms with Gasteiger partial charge in [-0.3, -0.25) is 47.1 Å². The minimum Gasteiger partial charge on any atom is -0.466 e. The Balaban J connectivity index is 5.89. The number of hydrogen-bond acceptors (Lipinski definition) is 18. The number of Topliss-reactive ketones (excluding diaryl/α,β-unsaturated/α-hetero) is 1. The first-order valence-electron chi connectivity index (χ1n) is 29.4. The maximum absolute atomic E-state index is 14.3. The number of ketones is 1. The second kappa shape index (κ2) is 49.8. The van der Waals surface area contributed by atoms with Gasteiger partial charge in [0, 0.05) is 45.2 Å². The zero-order chi connectivity index (χ0) is 56.4. The smallest absolute Gasteiger partial charge is 0.466 e. The molecular formula is C57H104NO17P. The highest BCUT2D eigenvalue weighted by Crippen LogP contribution is 2.49. The molecule has 0 heterocycles. The van der Waals surface area contributed by atoms with Gasteiger partial charge in [0.1, 0.15) is 5.78 Å². The fourth-order valence-electron chi connectivity index (χ4n) is 8.12. The Morgan fingerprint density at radius 3 is 1.07 bits per heavy atom. The SMILES string of the molecule is CCCCCCCC(=O)OCCCCCOC(=O)CC(CC(=O)CCN(C)CCCOP(=O)(OCC)OCC)(CC(=O)OCCCCCOC(=O)CCCCCCC)C(=O)OCCCCCOC(=O)CCCCCCC. The Morgan fingerprint density at radius 2 is 0.697 bits per heavy atom. The van der Waals surface area contributed by atoms with Gasteiger partial charge in [-0.1, -0.05) is 97.8 Å². The molecule has 19 heteroatoms. The zero-order valence-electron chi connectivity index (χ0n) is 48.2. The average Bonchev–Trinajstić information content (AvgIpc) is 3.38. The lowest BCUT2D eigenvalue weighted by molar-refractivity contribution is -0.169. The second-order valence-electron chi connectivity index (χ2n) is 19.8. The largest absolute Gasteiger partial charge is 0.474 e. The van der Waals surface area contributed by atoms with E-state index in [2.05, 4.69) is 20.8 Å². The van der Waals surface area contributed by atoms with Gasteiger partial charge in [0.2, 0.25) is 0 Å². The van der Waals surface area contributed by atoms with Crippen LogP contribution < -0.4 is 0 Å². The van der Waals surface area contributed by atoms with E-state index < -0.39 is 56.2 Å². The molecule has 0 aliphatic rings. The number of hydrogen-bond donors (Lipinski definition) is 0. The molecule has 0 aromatic rings. The van der Waals surface area contributed by atoms with Crippen molar-refractivity contribution in [3.05, 3.63) is 0 Å². The summed E-state index contributed by atoms with van der Waals surface area (Å²) in [5.41, 5.74) is -1.94. The van der Waals surface area contributed by atoms with Gasteiger partial charge in [0.25, 0.3) is 0 Å². The normalized spacial score (nSPS) is 11.6. The van der Waals surface area contributed by atoms with Crippen molar-refractivity contribution in [2.75, 3.05) is 79.6 Å². The number of rotatable bonds is 55. The Morgan fingerprint density at radius 1 is 0.355 bits per heavy atom. The molecule has 0 atom stereocenters. The lowest BCUT2D eigenvalue weighted by Crippen LogP contribution is -2.41. The maximum Gasteiger partial charge on any atom is 0.474 e. The van der Waals surface area contributed by atoms with Crippen LogP contribution in [0.15, 0.2) is 0 Å². The molecule has 0 aromatic heterocycles. The fraction of sp³-hybridized carbons (Fsp3) is 0.877. The number of carbonyl (C=O) groups excluding carboxylic acids is 7. The first-order chi connectivity index (χ1) is 36.7. The van der Waals surface area contributed by atoms with Gasteiger partial charge < -0.3 is 33.3 Å². The zero-order valence-corrected chi connectivity index (χ0v) is 49.1. The molecule has 0 fully saturated rings. The summed E-state index contributed by atoms with van der Waals surface area (Å²) < 4.78 is 61.6. The van der Waals surface area contributed by atoms with Crippen LogP contribution in [0, 0.1) is 5.41 Å². The van der Waals surface area contributed by atoms with Crippen LogP contribution in [-0.2, 0) is 80.1 Å². The topological polar surface area (TPSA) is 223 Å². The number of carbonyl (C=O) groups is 7. The van der Waals surface area contributed by atoms with E-state index >= 15 is 0 Å². The monoisotopic (exact) mass is 1110 g/mol. The summed E-state index contributed by atoms with van der Waals surface area (Å²) in [5.74, 6) is -3.56. The quantitative estimate of drug-likeness (QED) is 0.0239. The van der Waals surface area contributed by atoms with E-state index in [1.807, 2.05) is 4.90 Å². The van der Waals surface area contributed by atoms with E-state index in [1.165, 1.54) is 0 Å². The molecule has 18 nitrogen and oxygen atoms in total. The van der Waals surface area contributed by atoms with Crippen molar-refractivity contribution in [1.29, 1.82) is 0 Å². The first-order valence-corrected chi connectivity index (χ1v) is 30.8. The van der Waals surface area contributed by atoms with E-state index in [0.29, 0.717) is 90.0 Å². The van der Waals surface area contributed by atoms with Crippen molar-refractivity contribution in [2.24, 2.45) is 5.41 Å². The summed E-state index contributed by atoms with van der Waals surface area (Å²) in [6.07, 6.45) is 20.1. The minimum absolute atomic E-state index is 0.00450. The molecule has 0 N–H and O–H groups in total. The van der Waals surface area contributed by atoms with Gasteiger partial charge in [-0.05, 0) is 104 Å². The molecule has 0 radical (unpaired) electrons. The van der Waals surface area contributed by atoms with E-state index in [1.54, 1.807) is 20.9 Å². The van der Waals surface area contributed by atoms with Crippen LogP contribution in [0.1, 0.15) is 240 Å². The minimum atomic E-state index is -3.68. The van der Waals surface area contributed by atoms with E-state index in [9.17, 15) is 38.1 Å². The van der Waals surface area contributed by atoms with Crippen LogP contribution in [0.25, 0.3) is 0 Å². The predicted octanol–water partition coefficient (Wildman–Crippen LogP) is 12.5.